The van der Waals surface area contributed by atoms with Gasteiger partial charge >= 0.3 is 5.97 Å². The Bertz CT molecular complexity index is 483. The van der Waals surface area contributed by atoms with Crippen LogP contribution in [0.3, 0.4) is 0 Å². The molecule has 1 N–H and O–H groups in total. The van der Waals surface area contributed by atoms with E-state index < -0.39 is 11.8 Å². The number of aliphatic carboxylic acids is 1. The Morgan fingerprint density at radius 2 is 2.17 bits per heavy atom. The zero-order chi connectivity index (χ0) is 13.5. The topological polar surface area (TPSA) is 54.4 Å². The minimum absolute atomic E-state index is 0.0181. The number of hydrogen-bond donors (Lipinski definition) is 1. The van der Waals surface area contributed by atoms with Crippen LogP contribution in [0.2, 0.25) is 0 Å². The highest BCUT2D eigenvalue weighted by Gasteiger charge is 2.06. The Labute approximate surface area is 109 Å². The van der Waals surface area contributed by atoms with Gasteiger partial charge in [0.15, 0.2) is 5.12 Å². The lowest BCUT2D eigenvalue weighted by Crippen LogP contribution is -2.02. The number of benzene rings is 1. The maximum atomic E-state index is 13.0. The van der Waals surface area contributed by atoms with Crippen molar-refractivity contribution in [1.29, 1.82) is 0 Å². The summed E-state index contributed by atoms with van der Waals surface area (Å²) >= 11 is 1.16. The minimum atomic E-state index is -1.01. The molecule has 0 unspecified atom stereocenters. The summed E-state index contributed by atoms with van der Waals surface area (Å²) in [4.78, 5) is 21.4. The maximum Gasteiger partial charge on any atom is 0.307 e. The van der Waals surface area contributed by atoms with Crippen molar-refractivity contribution in [2.75, 3.05) is 5.75 Å². The van der Waals surface area contributed by atoms with E-state index in [1.165, 1.54) is 25.1 Å². The predicted molar refractivity (Wildman–Crippen MR) is 69.9 cm³/mol. The number of thioether (sulfide) groups is 1. The first-order valence-corrected chi connectivity index (χ1v) is 6.27. The Balaban J connectivity index is 2.80. The molecule has 0 saturated carbocycles. The molecule has 0 aliphatic rings. The third-order valence-electron chi connectivity index (χ3n) is 2.13. The van der Waals surface area contributed by atoms with Gasteiger partial charge in [-0.3, -0.25) is 9.59 Å². The minimum Gasteiger partial charge on any atom is -0.481 e. The van der Waals surface area contributed by atoms with E-state index in [0.29, 0.717) is 16.9 Å². The van der Waals surface area contributed by atoms with Crippen molar-refractivity contribution in [1.82, 2.24) is 0 Å². The molecule has 96 valence electrons. The summed E-state index contributed by atoms with van der Waals surface area (Å²) in [5.74, 6) is -0.950. The van der Waals surface area contributed by atoms with E-state index in [4.69, 9.17) is 5.11 Å². The summed E-state index contributed by atoms with van der Waals surface area (Å²) in [5, 5.41) is 8.75. The van der Waals surface area contributed by atoms with Gasteiger partial charge in [-0.15, -0.1) is 0 Å². The molecular weight excluding hydrogens is 255 g/mol. The SMILES string of the molecule is CC(=O)SCC=Cc1ccc(F)cc1CC(=O)O. The molecule has 1 rings (SSSR count). The molecule has 1 aromatic carbocycles. The zero-order valence-electron chi connectivity index (χ0n) is 9.85. The van der Waals surface area contributed by atoms with E-state index in [1.807, 2.05) is 0 Å². The van der Waals surface area contributed by atoms with Crippen LogP contribution in [0.1, 0.15) is 18.1 Å². The van der Waals surface area contributed by atoms with E-state index in [1.54, 1.807) is 12.2 Å². The summed E-state index contributed by atoms with van der Waals surface area (Å²) in [6, 6.07) is 4.03. The van der Waals surface area contributed by atoms with Crippen molar-refractivity contribution in [2.24, 2.45) is 0 Å². The van der Waals surface area contributed by atoms with Crippen LogP contribution in [0, 0.1) is 5.82 Å². The van der Waals surface area contributed by atoms with E-state index in [2.05, 4.69) is 0 Å². The van der Waals surface area contributed by atoms with Crippen molar-refractivity contribution < 1.29 is 19.1 Å². The summed E-state index contributed by atoms with van der Waals surface area (Å²) < 4.78 is 13.0. The summed E-state index contributed by atoms with van der Waals surface area (Å²) in [7, 11) is 0. The van der Waals surface area contributed by atoms with Crippen LogP contribution in [-0.2, 0) is 16.0 Å². The fourth-order valence-corrected chi connectivity index (χ4v) is 1.82. The molecule has 0 amide bonds. The van der Waals surface area contributed by atoms with Gasteiger partial charge in [0.25, 0.3) is 0 Å². The number of rotatable bonds is 5. The number of carbonyl (C=O) groups excluding carboxylic acids is 1. The third kappa shape index (κ3) is 5.14. The quantitative estimate of drug-likeness (QED) is 0.892. The van der Waals surface area contributed by atoms with E-state index in [-0.39, 0.29) is 11.5 Å². The number of carbonyl (C=O) groups is 2. The van der Waals surface area contributed by atoms with Crippen LogP contribution in [0.25, 0.3) is 6.08 Å². The van der Waals surface area contributed by atoms with Gasteiger partial charge in [-0.05, 0) is 23.3 Å². The van der Waals surface area contributed by atoms with Gasteiger partial charge in [0.1, 0.15) is 5.82 Å². The average molecular weight is 268 g/mol. The molecule has 3 nitrogen and oxygen atoms in total. The van der Waals surface area contributed by atoms with Crippen molar-refractivity contribution in [3.63, 3.8) is 0 Å². The van der Waals surface area contributed by atoms with Gasteiger partial charge in [0.05, 0.1) is 6.42 Å². The van der Waals surface area contributed by atoms with Gasteiger partial charge < -0.3 is 5.11 Å². The highest BCUT2D eigenvalue weighted by atomic mass is 32.2. The number of carboxylic acid groups (broad SMARTS) is 1. The largest absolute Gasteiger partial charge is 0.481 e. The first-order chi connectivity index (χ1) is 8.49. The molecule has 18 heavy (non-hydrogen) atoms. The summed E-state index contributed by atoms with van der Waals surface area (Å²) in [6.07, 6.45) is 3.23. The molecule has 0 bridgehead atoms. The first-order valence-electron chi connectivity index (χ1n) is 5.29. The molecule has 5 heteroatoms. The third-order valence-corrected chi connectivity index (χ3v) is 2.89. The van der Waals surface area contributed by atoms with Crippen LogP contribution >= 0.6 is 11.8 Å². The summed E-state index contributed by atoms with van der Waals surface area (Å²) in [6.45, 7) is 1.48. The highest BCUT2D eigenvalue weighted by molar-refractivity contribution is 8.13. The lowest BCUT2D eigenvalue weighted by molar-refractivity contribution is -0.136. The molecule has 1 aromatic rings. The van der Waals surface area contributed by atoms with Crippen molar-refractivity contribution >= 4 is 28.9 Å². The van der Waals surface area contributed by atoms with E-state index in [9.17, 15) is 14.0 Å². The molecule has 0 radical (unpaired) electrons. The number of carboxylic acids is 1. The number of halogens is 1. The first kappa shape index (κ1) is 14.4. The van der Waals surface area contributed by atoms with Gasteiger partial charge in [0, 0.05) is 12.7 Å². The molecule has 0 spiro atoms. The Kier molecular flexibility index (Phi) is 5.58. The molecule has 0 heterocycles. The van der Waals surface area contributed by atoms with Crippen molar-refractivity contribution in [2.45, 2.75) is 13.3 Å². The highest BCUT2D eigenvalue weighted by Crippen LogP contribution is 2.15. The molecule has 0 fully saturated rings. The number of hydrogen-bond acceptors (Lipinski definition) is 3. The smallest absolute Gasteiger partial charge is 0.307 e. The molecule has 0 aliphatic heterocycles. The van der Waals surface area contributed by atoms with Crippen LogP contribution in [-0.4, -0.2) is 21.9 Å². The lowest BCUT2D eigenvalue weighted by Gasteiger charge is -2.03. The Morgan fingerprint density at radius 3 is 2.78 bits per heavy atom. The molecule has 0 aromatic heterocycles. The van der Waals surface area contributed by atoms with Crippen LogP contribution < -0.4 is 0 Å². The van der Waals surface area contributed by atoms with Crippen molar-refractivity contribution in [3.05, 3.63) is 41.2 Å². The average Bonchev–Trinajstić information content (AvgIpc) is 2.25. The molecular formula is C13H13FO3S. The van der Waals surface area contributed by atoms with Gasteiger partial charge in [-0.1, -0.05) is 30.0 Å². The van der Waals surface area contributed by atoms with Crippen LogP contribution in [0.15, 0.2) is 24.3 Å². The van der Waals surface area contributed by atoms with Crippen molar-refractivity contribution in [3.8, 4) is 0 Å². The van der Waals surface area contributed by atoms with E-state index in [0.717, 1.165) is 11.8 Å². The summed E-state index contributed by atoms with van der Waals surface area (Å²) in [5.41, 5.74) is 1.08. The molecule has 0 saturated heterocycles. The molecule has 0 atom stereocenters. The molecule has 0 aliphatic carbocycles. The standard InChI is InChI=1S/C13H13FO3S/c1-9(15)18-6-2-3-10-4-5-12(14)7-11(10)8-13(16)17/h2-5,7H,6,8H2,1H3,(H,16,17). The fraction of sp³-hybridized carbons (Fsp3) is 0.231. The predicted octanol–water partition coefficient (Wildman–Crippen LogP) is 2.75. The van der Waals surface area contributed by atoms with Gasteiger partial charge in [-0.2, -0.15) is 0 Å². The monoisotopic (exact) mass is 268 g/mol. The Hall–Kier alpha value is -1.62. The lowest BCUT2D eigenvalue weighted by atomic mass is 10.0. The van der Waals surface area contributed by atoms with Crippen LogP contribution in [0.5, 0.6) is 0 Å². The maximum absolute atomic E-state index is 13.0. The zero-order valence-corrected chi connectivity index (χ0v) is 10.7. The van der Waals surface area contributed by atoms with E-state index >= 15 is 0 Å². The second-order valence-electron chi connectivity index (χ2n) is 3.62. The van der Waals surface area contributed by atoms with Gasteiger partial charge in [-0.25, -0.2) is 4.39 Å². The fourth-order valence-electron chi connectivity index (χ4n) is 1.39. The second kappa shape index (κ2) is 6.96. The Morgan fingerprint density at radius 1 is 1.44 bits per heavy atom. The normalized spacial score (nSPS) is 10.8. The second-order valence-corrected chi connectivity index (χ2v) is 4.82. The van der Waals surface area contributed by atoms with Crippen LogP contribution in [0.4, 0.5) is 4.39 Å². The van der Waals surface area contributed by atoms with Gasteiger partial charge in [0.2, 0.25) is 0 Å².